The Hall–Kier alpha value is -2.56. The maximum Gasteiger partial charge on any atom is 0.337 e. The van der Waals surface area contributed by atoms with Crippen LogP contribution < -0.4 is 10.1 Å². The van der Waals surface area contributed by atoms with Crippen LogP contribution in [-0.2, 0) is 14.3 Å². The molecule has 5 heteroatoms. The Morgan fingerprint density at radius 1 is 1.12 bits per heavy atom. The summed E-state index contributed by atoms with van der Waals surface area (Å²) in [4.78, 5) is 27.0. The van der Waals surface area contributed by atoms with Crippen LogP contribution in [0.2, 0.25) is 0 Å². The average Bonchev–Trinajstić information content (AvgIpc) is 3.18. The van der Waals surface area contributed by atoms with Crippen molar-refractivity contribution in [1.29, 1.82) is 0 Å². The third kappa shape index (κ3) is 4.48. The molecule has 0 saturated heterocycles. The molecule has 1 saturated carbocycles. The number of hydrogen-bond acceptors (Lipinski definition) is 5. The van der Waals surface area contributed by atoms with E-state index in [9.17, 15) is 9.59 Å². The number of esters is 1. The molecule has 1 aromatic carbocycles. The summed E-state index contributed by atoms with van der Waals surface area (Å²) in [6.45, 7) is 10.1. The number of benzene rings is 1. The molecule has 1 heterocycles. The first-order chi connectivity index (χ1) is 15.2. The van der Waals surface area contributed by atoms with Crippen LogP contribution >= 0.6 is 0 Å². The summed E-state index contributed by atoms with van der Waals surface area (Å²) in [5.74, 6) is -0.0150. The van der Waals surface area contributed by atoms with Gasteiger partial charge in [0, 0.05) is 29.0 Å². The summed E-state index contributed by atoms with van der Waals surface area (Å²) in [7, 11) is 0. The molecule has 0 radical (unpaired) electrons. The van der Waals surface area contributed by atoms with E-state index in [-0.39, 0.29) is 29.4 Å². The van der Waals surface area contributed by atoms with E-state index in [0.29, 0.717) is 23.3 Å². The third-order valence-corrected chi connectivity index (χ3v) is 6.63. The van der Waals surface area contributed by atoms with Gasteiger partial charge in [0.25, 0.3) is 0 Å². The fraction of sp³-hybridized carbons (Fsp3) is 0.556. The lowest BCUT2D eigenvalue weighted by atomic mass is 9.68. The standard InChI is InChI=1S/C27H35NO4/c1-16(2)31-22-13-9-8-12-19(22)24-23(26(30)32-18-10-6-7-11-18)17(3)28-20-14-27(4,5)15-21(29)25(20)24/h8-9,12-13,16,18,24,28H,6-7,10-11,14-15H2,1-5H3/t24-/m1/s1. The second kappa shape index (κ2) is 8.76. The molecule has 3 aliphatic rings. The lowest BCUT2D eigenvalue weighted by Crippen LogP contribution is -2.39. The minimum Gasteiger partial charge on any atom is -0.491 e. The second-order valence-electron chi connectivity index (χ2n) is 10.4. The van der Waals surface area contributed by atoms with Crippen LogP contribution in [0.1, 0.15) is 84.6 Å². The van der Waals surface area contributed by atoms with Crippen molar-refractivity contribution in [3.63, 3.8) is 0 Å². The molecule has 32 heavy (non-hydrogen) atoms. The van der Waals surface area contributed by atoms with Crippen LogP contribution in [0.5, 0.6) is 5.75 Å². The molecule has 1 aromatic rings. The molecule has 2 aliphatic carbocycles. The zero-order valence-electron chi connectivity index (χ0n) is 19.9. The van der Waals surface area contributed by atoms with Gasteiger partial charge in [-0.3, -0.25) is 4.79 Å². The predicted octanol–water partition coefficient (Wildman–Crippen LogP) is 5.56. The molecule has 1 aliphatic heterocycles. The molecule has 0 aromatic heterocycles. The molecular weight excluding hydrogens is 402 g/mol. The summed E-state index contributed by atoms with van der Waals surface area (Å²) in [6.07, 6.45) is 5.15. The number of carbonyl (C=O) groups is 2. The average molecular weight is 438 g/mol. The summed E-state index contributed by atoms with van der Waals surface area (Å²) in [5.41, 5.74) is 3.63. The van der Waals surface area contributed by atoms with E-state index < -0.39 is 5.92 Å². The highest BCUT2D eigenvalue weighted by atomic mass is 16.5. The van der Waals surface area contributed by atoms with E-state index in [1.807, 2.05) is 45.0 Å². The predicted molar refractivity (Wildman–Crippen MR) is 124 cm³/mol. The number of rotatable bonds is 5. The van der Waals surface area contributed by atoms with Gasteiger partial charge in [-0.1, -0.05) is 32.0 Å². The van der Waals surface area contributed by atoms with Crippen molar-refractivity contribution >= 4 is 11.8 Å². The van der Waals surface area contributed by atoms with Crippen molar-refractivity contribution < 1.29 is 19.1 Å². The third-order valence-electron chi connectivity index (χ3n) is 6.63. The molecule has 5 nitrogen and oxygen atoms in total. The Balaban J connectivity index is 1.83. The van der Waals surface area contributed by atoms with Crippen molar-refractivity contribution in [2.24, 2.45) is 5.41 Å². The monoisotopic (exact) mass is 437 g/mol. The van der Waals surface area contributed by atoms with Crippen LogP contribution in [-0.4, -0.2) is 24.0 Å². The first-order valence-corrected chi connectivity index (χ1v) is 11.9. The van der Waals surface area contributed by atoms with Crippen LogP contribution in [0.4, 0.5) is 0 Å². The van der Waals surface area contributed by atoms with Gasteiger partial charge in [0.15, 0.2) is 5.78 Å². The van der Waals surface area contributed by atoms with E-state index in [4.69, 9.17) is 9.47 Å². The first kappa shape index (κ1) is 22.6. The largest absolute Gasteiger partial charge is 0.491 e. The Kier molecular flexibility index (Phi) is 6.19. The topological polar surface area (TPSA) is 64.6 Å². The first-order valence-electron chi connectivity index (χ1n) is 11.9. The summed E-state index contributed by atoms with van der Waals surface area (Å²) in [5, 5.41) is 3.42. The van der Waals surface area contributed by atoms with E-state index in [0.717, 1.165) is 49.1 Å². The van der Waals surface area contributed by atoms with Crippen LogP contribution in [0.15, 0.2) is 46.8 Å². The highest BCUT2D eigenvalue weighted by molar-refractivity contribution is 6.04. The van der Waals surface area contributed by atoms with Gasteiger partial charge in [-0.25, -0.2) is 4.79 Å². The van der Waals surface area contributed by atoms with Crippen molar-refractivity contribution in [3.8, 4) is 5.75 Å². The maximum absolute atomic E-state index is 13.5. The lowest BCUT2D eigenvalue weighted by molar-refractivity contribution is -0.144. The minimum atomic E-state index is -0.487. The number of para-hydroxylation sites is 1. The van der Waals surface area contributed by atoms with Gasteiger partial charge >= 0.3 is 5.97 Å². The maximum atomic E-state index is 13.5. The Morgan fingerprint density at radius 3 is 2.50 bits per heavy atom. The van der Waals surface area contributed by atoms with Gasteiger partial charge in [0.1, 0.15) is 11.9 Å². The highest BCUT2D eigenvalue weighted by Crippen LogP contribution is 2.48. The summed E-state index contributed by atoms with van der Waals surface area (Å²) >= 11 is 0. The molecule has 4 rings (SSSR count). The SMILES string of the molecule is CC1=C(C(=O)OC2CCCC2)[C@@H](c2ccccc2OC(C)C)C2=C(CC(C)(C)CC2=O)N1. The molecule has 0 bridgehead atoms. The summed E-state index contributed by atoms with van der Waals surface area (Å²) < 4.78 is 12.1. The van der Waals surface area contributed by atoms with E-state index in [2.05, 4.69) is 19.2 Å². The molecular formula is C27H35NO4. The summed E-state index contributed by atoms with van der Waals surface area (Å²) in [6, 6.07) is 7.76. The van der Waals surface area contributed by atoms with Crippen molar-refractivity contribution in [2.75, 3.05) is 0 Å². The number of dihydropyridines is 1. The Labute approximate surface area is 191 Å². The van der Waals surface area contributed by atoms with Gasteiger partial charge < -0.3 is 14.8 Å². The molecule has 0 amide bonds. The van der Waals surface area contributed by atoms with Crippen molar-refractivity contribution in [3.05, 3.63) is 52.4 Å². The minimum absolute atomic E-state index is 0.0220. The van der Waals surface area contributed by atoms with Gasteiger partial charge in [-0.15, -0.1) is 0 Å². The fourth-order valence-electron chi connectivity index (χ4n) is 5.32. The van der Waals surface area contributed by atoms with Crippen LogP contribution in [0.25, 0.3) is 0 Å². The number of ether oxygens (including phenoxy) is 2. The zero-order valence-corrected chi connectivity index (χ0v) is 19.9. The molecule has 0 unspecified atom stereocenters. The van der Waals surface area contributed by atoms with Gasteiger partial charge in [0.05, 0.1) is 17.6 Å². The number of hydrogen-bond donors (Lipinski definition) is 1. The number of ketones is 1. The molecule has 1 fully saturated rings. The highest BCUT2D eigenvalue weighted by Gasteiger charge is 2.44. The lowest BCUT2D eigenvalue weighted by Gasteiger charge is -2.40. The molecule has 1 atom stereocenters. The van der Waals surface area contributed by atoms with Crippen molar-refractivity contribution in [2.45, 2.75) is 91.3 Å². The van der Waals surface area contributed by atoms with Crippen LogP contribution in [0.3, 0.4) is 0 Å². The van der Waals surface area contributed by atoms with Crippen molar-refractivity contribution in [1.82, 2.24) is 5.32 Å². The fourth-order valence-corrected chi connectivity index (χ4v) is 5.32. The van der Waals surface area contributed by atoms with E-state index in [1.165, 1.54) is 0 Å². The number of nitrogens with one attached hydrogen (secondary N) is 1. The van der Waals surface area contributed by atoms with Gasteiger partial charge in [-0.05, 0) is 64.4 Å². The molecule has 1 N–H and O–H groups in total. The number of allylic oxidation sites excluding steroid dienone is 3. The smallest absolute Gasteiger partial charge is 0.337 e. The second-order valence-corrected chi connectivity index (χ2v) is 10.4. The Bertz CT molecular complexity index is 979. The molecule has 172 valence electrons. The van der Waals surface area contributed by atoms with E-state index >= 15 is 0 Å². The van der Waals surface area contributed by atoms with Gasteiger partial charge in [-0.2, -0.15) is 0 Å². The number of Topliss-reactive ketones (excluding diaryl/α,β-unsaturated/α-hetero) is 1. The van der Waals surface area contributed by atoms with Crippen LogP contribution in [0, 0.1) is 5.41 Å². The van der Waals surface area contributed by atoms with Gasteiger partial charge in [0.2, 0.25) is 0 Å². The zero-order chi connectivity index (χ0) is 23.0. The van der Waals surface area contributed by atoms with E-state index in [1.54, 1.807) is 0 Å². The quantitative estimate of drug-likeness (QED) is 0.611. The molecule has 0 spiro atoms. The number of carbonyl (C=O) groups excluding carboxylic acids is 2. The normalized spacial score (nSPS) is 23.3. The Morgan fingerprint density at radius 2 is 1.81 bits per heavy atom.